The zero-order valence-electron chi connectivity index (χ0n) is 16.0. The number of Topliss-reactive ketones (excluding diaryl/α,β-unsaturated/α-hetero) is 1. The summed E-state index contributed by atoms with van der Waals surface area (Å²) >= 11 is 0. The van der Waals surface area contributed by atoms with E-state index in [0.717, 1.165) is 24.8 Å². The largest absolute Gasteiger partial charge is 0.370 e. The van der Waals surface area contributed by atoms with E-state index in [9.17, 15) is 14.4 Å². The number of carbonyl (C=O) groups is 3. The van der Waals surface area contributed by atoms with Crippen LogP contribution in [0.2, 0.25) is 0 Å². The molecule has 1 aliphatic carbocycles. The molecule has 0 radical (unpaired) electrons. The quantitative estimate of drug-likeness (QED) is 0.681. The molecule has 2 aromatic carbocycles. The molecule has 28 heavy (non-hydrogen) atoms. The fourth-order valence-electron chi connectivity index (χ4n) is 3.61. The maximum absolute atomic E-state index is 12.7. The van der Waals surface area contributed by atoms with Gasteiger partial charge in [-0.25, -0.2) is 0 Å². The predicted octanol–water partition coefficient (Wildman–Crippen LogP) is 3.04. The topological polar surface area (TPSA) is 80.5 Å². The second-order valence-corrected chi connectivity index (χ2v) is 7.28. The average molecular weight is 378 g/mol. The van der Waals surface area contributed by atoms with Gasteiger partial charge in [0.05, 0.1) is 0 Å². The second kappa shape index (κ2) is 9.31. The molecule has 0 fully saturated rings. The monoisotopic (exact) mass is 378 g/mol. The first-order valence-corrected chi connectivity index (χ1v) is 9.78. The molecule has 0 aromatic heterocycles. The summed E-state index contributed by atoms with van der Waals surface area (Å²) in [5.74, 6) is -0.600. The van der Waals surface area contributed by atoms with Crippen molar-refractivity contribution in [2.45, 2.75) is 45.1 Å². The number of hydrogen-bond acceptors (Lipinski definition) is 3. The second-order valence-electron chi connectivity index (χ2n) is 7.28. The third-order valence-electron chi connectivity index (χ3n) is 5.18. The molecule has 2 N–H and O–H groups in total. The van der Waals surface area contributed by atoms with Crippen molar-refractivity contribution in [1.82, 2.24) is 4.90 Å². The van der Waals surface area contributed by atoms with Crippen molar-refractivity contribution in [3.8, 4) is 0 Å². The van der Waals surface area contributed by atoms with Gasteiger partial charge in [-0.2, -0.15) is 0 Å². The van der Waals surface area contributed by atoms with Crippen molar-refractivity contribution in [3.05, 3.63) is 70.8 Å². The molecule has 146 valence electrons. The lowest BCUT2D eigenvalue weighted by molar-refractivity contribution is -0.132. The molecule has 0 saturated carbocycles. The van der Waals surface area contributed by atoms with E-state index in [0.29, 0.717) is 12.1 Å². The van der Waals surface area contributed by atoms with Gasteiger partial charge in [0.15, 0.2) is 5.78 Å². The highest BCUT2D eigenvalue weighted by atomic mass is 16.2. The minimum absolute atomic E-state index is 0.0161. The van der Waals surface area contributed by atoms with Gasteiger partial charge in [0, 0.05) is 37.9 Å². The van der Waals surface area contributed by atoms with Crippen LogP contribution in [0.3, 0.4) is 0 Å². The Morgan fingerprint density at radius 2 is 1.64 bits per heavy atom. The van der Waals surface area contributed by atoms with Gasteiger partial charge < -0.3 is 10.6 Å². The predicted molar refractivity (Wildman–Crippen MR) is 108 cm³/mol. The molecule has 2 amide bonds. The summed E-state index contributed by atoms with van der Waals surface area (Å²) in [7, 11) is 0. The summed E-state index contributed by atoms with van der Waals surface area (Å²) < 4.78 is 0. The molecule has 0 aliphatic heterocycles. The summed E-state index contributed by atoms with van der Waals surface area (Å²) in [4.78, 5) is 38.0. The van der Waals surface area contributed by atoms with E-state index in [4.69, 9.17) is 5.73 Å². The Balaban J connectivity index is 1.60. The zero-order chi connectivity index (χ0) is 19.9. The first-order valence-electron chi connectivity index (χ1n) is 9.78. The highest BCUT2D eigenvalue weighted by Gasteiger charge is 2.18. The van der Waals surface area contributed by atoms with Gasteiger partial charge in [-0.05, 0) is 42.0 Å². The van der Waals surface area contributed by atoms with Crippen LogP contribution >= 0.6 is 0 Å². The van der Waals surface area contributed by atoms with Crippen LogP contribution in [0.25, 0.3) is 0 Å². The fourth-order valence-corrected chi connectivity index (χ4v) is 3.61. The normalized spacial score (nSPS) is 12.4. The van der Waals surface area contributed by atoms with Crippen LogP contribution in [0, 0.1) is 0 Å². The number of hydrogen-bond donors (Lipinski definition) is 1. The third kappa shape index (κ3) is 5.28. The number of rotatable bonds is 9. The Morgan fingerprint density at radius 3 is 2.39 bits per heavy atom. The summed E-state index contributed by atoms with van der Waals surface area (Å²) in [6.45, 7) is 0.663. The molecule has 0 bridgehead atoms. The van der Waals surface area contributed by atoms with Gasteiger partial charge in [-0.1, -0.05) is 42.5 Å². The fraction of sp³-hybridized carbons (Fsp3) is 0.348. The van der Waals surface area contributed by atoms with Crippen LogP contribution in [0.4, 0.5) is 0 Å². The molecule has 2 aromatic rings. The van der Waals surface area contributed by atoms with Crippen molar-refractivity contribution >= 4 is 17.6 Å². The standard InChI is InChI=1S/C23H26N2O3/c24-22(27)13-14-25(16-17-5-2-1-3-6-17)23(28)12-11-21(26)20-10-9-18-7-4-8-19(18)15-20/h1-3,5-6,9-10,15H,4,7-8,11-14,16H2,(H2,24,27). The molecule has 0 saturated heterocycles. The minimum atomic E-state index is -0.444. The van der Waals surface area contributed by atoms with E-state index in [2.05, 4.69) is 0 Å². The van der Waals surface area contributed by atoms with Crippen molar-refractivity contribution in [3.63, 3.8) is 0 Å². The molecular weight excluding hydrogens is 352 g/mol. The molecule has 0 atom stereocenters. The SMILES string of the molecule is NC(=O)CCN(Cc1ccccc1)C(=O)CCC(=O)c1ccc2c(c1)CCC2. The van der Waals surface area contributed by atoms with Gasteiger partial charge in [-0.15, -0.1) is 0 Å². The van der Waals surface area contributed by atoms with Gasteiger partial charge in [0.2, 0.25) is 11.8 Å². The smallest absolute Gasteiger partial charge is 0.223 e. The average Bonchev–Trinajstić information content (AvgIpc) is 3.17. The zero-order valence-corrected chi connectivity index (χ0v) is 16.0. The van der Waals surface area contributed by atoms with Crippen molar-refractivity contribution < 1.29 is 14.4 Å². The third-order valence-corrected chi connectivity index (χ3v) is 5.18. The number of benzene rings is 2. The Bertz CT molecular complexity index is 861. The van der Waals surface area contributed by atoms with Crippen LogP contribution < -0.4 is 5.73 Å². The van der Waals surface area contributed by atoms with Gasteiger partial charge in [0.25, 0.3) is 0 Å². The van der Waals surface area contributed by atoms with Crippen LogP contribution in [0.5, 0.6) is 0 Å². The molecule has 5 heteroatoms. The lowest BCUT2D eigenvalue weighted by Gasteiger charge is -2.22. The summed E-state index contributed by atoms with van der Waals surface area (Å²) in [6, 6.07) is 15.5. The van der Waals surface area contributed by atoms with Crippen LogP contribution in [0.15, 0.2) is 48.5 Å². The highest BCUT2D eigenvalue weighted by Crippen LogP contribution is 2.23. The first-order chi connectivity index (χ1) is 13.5. The van der Waals surface area contributed by atoms with Crippen LogP contribution in [-0.2, 0) is 29.0 Å². The highest BCUT2D eigenvalue weighted by molar-refractivity contribution is 5.98. The molecule has 3 rings (SSSR count). The maximum atomic E-state index is 12.7. The Labute approximate surface area is 165 Å². The summed E-state index contributed by atoms with van der Waals surface area (Å²) in [6.07, 6.45) is 3.64. The lowest BCUT2D eigenvalue weighted by Crippen LogP contribution is -2.33. The first kappa shape index (κ1) is 19.8. The Hall–Kier alpha value is -2.95. The Kier molecular flexibility index (Phi) is 6.58. The van der Waals surface area contributed by atoms with Crippen molar-refractivity contribution in [2.75, 3.05) is 6.54 Å². The van der Waals surface area contributed by atoms with E-state index in [1.54, 1.807) is 4.90 Å². The van der Waals surface area contributed by atoms with Gasteiger partial charge >= 0.3 is 0 Å². The molecule has 5 nitrogen and oxygen atoms in total. The van der Waals surface area contributed by atoms with Gasteiger partial charge in [-0.3, -0.25) is 14.4 Å². The van der Waals surface area contributed by atoms with Crippen molar-refractivity contribution in [1.29, 1.82) is 0 Å². The van der Waals surface area contributed by atoms with E-state index in [1.165, 1.54) is 11.1 Å². The van der Waals surface area contributed by atoms with E-state index < -0.39 is 5.91 Å². The molecule has 0 heterocycles. The Morgan fingerprint density at radius 1 is 0.893 bits per heavy atom. The van der Waals surface area contributed by atoms with E-state index >= 15 is 0 Å². The van der Waals surface area contributed by atoms with E-state index in [-0.39, 0.29) is 37.5 Å². The number of nitrogens with two attached hydrogens (primary N) is 1. The number of nitrogens with zero attached hydrogens (tertiary/aromatic N) is 1. The number of ketones is 1. The molecular formula is C23H26N2O3. The number of carbonyl (C=O) groups excluding carboxylic acids is 3. The van der Waals surface area contributed by atoms with Crippen LogP contribution in [-0.4, -0.2) is 29.0 Å². The van der Waals surface area contributed by atoms with Crippen molar-refractivity contribution in [2.24, 2.45) is 5.73 Å². The molecule has 1 aliphatic rings. The minimum Gasteiger partial charge on any atom is -0.370 e. The summed E-state index contributed by atoms with van der Waals surface area (Å²) in [5, 5.41) is 0. The maximum Gasteiger partial charge on any atom is 0.223 e. The lowest BCUT2D eigenvalue weighted by atomic mass is 10.0. The molecule has 0 unspecified atom stereocenters. The number of aryl methyl sites for hydroxylation is 2. The number of amides is 2. The van der Waals surface area contributed by atoms with Gasteiger partial charge in [0.1, 0.15) is 0 Å². The molecule has 0 spiro atoms. The number of primary amides is 1. The van der Waals surface area contributed by atoms with Crippen LogP contribution in [0.1, 0.15) is 52.7 Å². The van der Waals surface area contributed by atoms with E-state index in [1.807, 2.05) is 48.5 Å². The summed E-state index contributed by atoms with van der Waals surface area (Å²) in [5.41, 5.74) is 9.48. The number of fused-ring (bicyclic) bond motifs is 1.